The van der Waals surface area contributed by atoms with Gasteiger partial charge in [0.1, 0.15) is 12.6 Å². The second-order valence-electron chi connectivity index (χ2n) is 6.77. The van der Waals surface area contributed by atoms with E-state index < -0.39 is 0 Å². The lowest BCUT2D eigenvalue weighted by Crippen LogP contribution is -2.24. The molecule has 0 amide bonds. The summed E-state index contributed by atoms with van der Waals surface area (Å²) in [7, 11) is 0. The highest BCUT2D eigenvalue weighted by Crippen LogP contribution is 2.29. The van der Waals surface area contributed by atoms with Crippen molar-refractivity contribution in [2.45, 2.75) is 64.2 Å². The molecule has 0 atom stereocenters. The zero-order chi connectivity index (χ0) is 16.2. The van der Waals surface area contributed by atoms with Crippen LogP contribution in [0, 0.1) is 23.7 Å². The van der Waals surface area contributed by atoms with Crippen LogP contribution < -0.4 is 0 Å². The molecule has 2 aliphatic carbocycles. The fourth-order valence-corrected chi connectivity index (χ4v) is 3.73. The summed E-state index contributed by atoms with van der Waals surface area (Å²) in [5, 5.41) is 17.8. The molecule has 128 valence electrons. The van der Waals surface area contributed by atoms with Crippen LogP contribution in [0.3, 0.4) is 0 Å². The van der Waals surface area contributed by atoms with E-state index in [-0.39, 0.29) is 25.0 Å². The Kier molecular flexibility index (Phi) is 10.3. The molecular weight excluding hydrogens is 280 g/mol. The summed E-state index contributed by atoms with van der Waals surface area (Å²) in [4.78, 5) is 20.8. The van der Waals surface area contributed by atoms with Crippen LogP contribution in [0.5, 0.6) is 0 Å². The SMILES string of the molecule is O=CC(C=O)C1CCCCC1.OCC(CO)C1CCCCC1. The minimum atomic E-state index is -0.324. The maximum absolute atomic E-state index is 10.4. The highest BCUT2D eigenvalue weighted by molar-refractivity contribution is 5.77. The summed E-state index contributed by atoms with van der Waals surface area (Å²) in [5.41, 5.74) is 0. The summed E-state index contributed by atoms with van der Waals surface area (Å²) in [6.45, 7) is 0.308. The normalized spacial score (nSPS) is 20.5. The molecule has 0 heterocycles. The van der Waals surface area contributed by atoms with Gasteiger partial charge in [0, 0.05) is 19.1 Å². The van der Waals surface area contributed by atoms with Crippen molar-refractivity contribution in [3.05, 3.63) is 0 Å². The number of hydrogen-bond donors (Lipinski definition) is 2. The zero-order valence-electron chi connectivity index (χ0n) is 13.7. The molecule has 0 bridgehead atoms. The molecule has 22 heavy (non-hydrogen) atoms. The number of aldehydes is 2. The van der Waals surface area contributed by atoms with E-state index in [2.05, 4.69) is 0 Å². The average molecular weight is 312 g/mol. The molecule has 2 rings (SSSR count). The number of aliphatic hydroxyl groups is 2. The van der Waals surface area contributed by atoms with Crippen molar-refractivity contribution in [2.75, 3.05) is 13.2 Å². The smallest absolute Gasteiger partial charge is 0.130 e. The molecule has 0 aromatic carbocycles. The summed E-state index contributed by atoms with van der Waals surface area (Å²) >= 11 is 0. The lowest BCUT2D eigenvalue weighted by atomic mass is 9.81. The van der Waals surface area contributed by atoms with Crippen molar-refractivity contribution >= 4 is 12.6 Å². The van der Waals surface area contributed by atoms with Gasteiger partial charge in [0.25, 0.3) is 0 Å². The largest absolute Gasteiger partial charge is 0.396 e. The van der Waals surface area contributed by atoms with Crippen molar-refractivity contribution in [2.24, 2.45) is 23.7 Å². The predicted molar refractivity (Wildman–Crippen MR) is 86.4 cm³/mol. The van der Waals surface area contributed by atoms with Gasteiger partial charge in [-0.1, -0.05) is 51.4 Å². The lowest BCUT2D eigenvalue weighted by Gasteiger charge is -2.27. The molecule has 2 N–H and O–H groups in total. The molecule has 0 spiro atoms. The van der Waals surface area contributed by atoms with Gasteiger partial charge < -0.3 is 19.8 Å². The molecule has 0 radical (unpaired) electrons. The number of rotatable bonds is 6. The third-order valence-electron chi connectivity index (χ3n) is 5.29. The van der Waals surface area contributed by atoms with E-state index in [0.29, 0.717) is 11.8 Å². The van der Waals surface area contributed by atoms with E-state index >= 15 is 0 Å². The zero-order valence-corrected chi connectivity index (χ0v) is 13.7. The Labute approximate surface area is 134 Å². The Hall–Kier alpha value is -0.740. The third kappa shape index (κ3) is 6.57. The standard InChI is InChI=1S/C9H18O2.C9H14O2/c2*10-6-9(7-11)8-4-2-1-3-5-8/h8-11H,1-7H2;6-9H,1-5H2. The van der Waals surface area contributed by atoms with Gasteiger partial charge in [0.15, 0.2) is 0 Å². The monoisotopic (exact) mass is 312 g/mol. The topological polar surface area (TPSA) is 74.6 Å². The van der Waals surface area contributed by atoms with E-state index in [0.717, 1.165) is 25.4 Å². The Morgan fingerprint density at radius 3 is 1.50 bits per heavy atom. The van der Waals surface area contributed by atoms with Crippen LogP contribution in [0.25, 0.3) is 0 Å². The van der Waals surface area contributed by atoms with Gasteiger partial charge in [-0.25, -0.2) is 0 Å². The molecule has 2 fully saturated rings. The quantitative estimate of drug-likeness (QED) is 0.584. The summed E-state index contributed by atoms with van der Waals surface area (Å²) < 4.78 is 0. The molecule has 0 aliphatic heterocycles. The van der Waals surface area contributed by atoms with E-state index in [4.69, 9.17) is 10.2 Å². The van der Waals surface area contributed by atoms with Crippen LogP contribution >= 0.6 is 0 Å². The molecule has 0 unspecified atom stereocenters. The first-order valence-corrected chi connectivity index (χ1v) is 8.89. The van der Waals surface area contributed by atoms with E-state index in [1.807, 2.05) is 0 Å². The molecule has 0 saturated heterocycles. The summed E-state index contributed by atoms with van der Waals surface area (Å²) in [6, 6.07) is 0. The van der Waals surface area contributed by atoms with Crippen LogP contribution in [-0.2, 0) is 9.59 Å². The first-order valence-electron chi connectivity index (χ1n) is 8.89. The molecule has 2 saturated carbocycles. The number of carbonyl (C=O) groups is 2. The van der Waals surface area contributed by atoms with Crippen LogP contribution in [0.2, 0.25) is 0 Å². The molecule has 4 nitrogen and oxygen atoms in total. The fourth-order valence-electron chi connectivity index (χ4n) is 3.73. The molecule has 0 aromatic heterocycles. The van der Waals surface area contributed by atoms with Crippen molar-refractivity contribution in [3.63, 3.8) is 0 Å². The average Bonchev–Trinajstić information content (AvgIpc) is 2.60. The maximum Gasteiger partial charge on any atom is 0.130 e. The Balaban J connectivity index is 0.000000220. The first-order chi connectivity index (χ1) is 10.8. The lowest BCUT2D eigenvalue weighted by molar-refractivity contribution is -0.121. The second kappa shape index (κ2) is 11.8. The van der Waals surface area contributed by atoms with Crippen LogP contribution in [0.4, 0.5) is 0 Å². The highest BCUT2D eigenvalue weighted by Gasteiger charge is 2.22. The van der Waals surface area contributed by atoms with Gasteiger partial charge in [0.2, 0.25) is 0 Å². The maximum atomic E-state index is 10.4. The minimum absolute atomic E-state index is 0.148. The number of hydrogen-bond acceptors (Lipinski definition) is 4. The molecule has 4 heteroatoms. The van der Waals surface area contributed by atoms with Crippen LogP contribution in [-0.4, -0.2) is 36.0 Å². The Bertz CT molecular complexity index is 281. The van der Waals surface area contributed by atoms with Crippen LogP contribution in [0.15, 0.2) is 0 Å². The van der Waals surface area contributed by atoms with E-state index in [1.54, 1.807) is 0 Å². The minimum Gasteiger partial charge on any atom is -0.396 e. The van der Waals surface area contributed by atoms with Crippen molar-refractivity contribution < 1.29 is 19.8 Å². The van der Waals surface area contributed by atoms with Gasteiger partial charge in [-0.3, -0.25) is 0 Å². The molecular formula is C18H32O4. The van der Waals surface area contributed by atoms with Crippen LogP contribution in [0.1, 0.15) is 64.2 Å². The molecule has 0 aromatic rings. The molecule has 2 aliphatic rings. The number of aliphatic hydroxyl groups excluding tert-OH is 2. The number of carbonyl (C=O) groups excluding carboxylic acids is 2. The summed E-state index contributed by atoms with van der Waals surface area (Å²) in [5.74, 6) is 0.753. The van der Waals surface area contributed by atoms with Gasteiger partial charge in [-0.2, -0.15) is 0 Å². The van der Waals surface area contributed by atoms with E-state index in [1.165, 1.54) is 51.4 Å². The Morgan fingerprint density at radius 1 is 0.727 bits per heavy atom. The Morgan fingerprint density at radius 2 is 1.14 bits per heavy atom. The predicted octanol–water partition coefficient (Wildman–Crippen LogP) is 2.75. The van der Waals surface area contributed by atoms with Gasteiger partial charge >= 0.3 is 0 Å². The van der Waals surface area contributed by atoms with Gasteiger partial charge in [-0.15, -0.1) is 0 Å². The van der Waals surface area contributed by atoms with Crippen molar-refractivity contribution in [3.8, 4) is 0 Å². The van der Waals surface area contributed by atoms with Crippen molar-refractivity contribution in [1.82, 2.24) is 0 Å². The third-order valence-corrected chi connectivity index (χ3v) is 5.29. The van der Waals surface area contributed by atoms with E-state index in [9.17, 15) is 9.59 Å². The first kappa shape index (κ1) is 19.3. The summed E-state index contributed by atoms with van der Waals surface area (Å²) in [6.07, 6.45) is 13.6. The van der Waals surface area contributed by atoms with Gasteiger partial charge in [0.05, 0.1) is 5.92 Å². The van der Waals surface area contributed by atoms with Crippen molar-refractivity contribution in [1.29, 1.82) is 0 Å². The second-order valence-corrected chi connectivity index (χ2v) is 6.77. The van der Waals surface area contributed by atoms with Gasteiger partial charge in [-0.05, 0) is 24.7 Å². The highest BCUT2D eigenvalue weighted by atomic mass is 16.3. The fraction of sp³-hybridized carbons (Fsp3) is 0.889.